The number of hydrogen-bond donors (Lipinski definition) is 1. The van der Waals surface area contributed by atoms with Gasteiger partial charge in [-0.2, -0.15) is 10.4 Å². The highest BCUT2D eigenvalue weighted by Gasteiger charge is 2.36. The van der Waals surface area contributed by atoms with Crippen molar-refractivity contribution in [2.75, 3.05) is 16.9 Å². The first-order chi connectivity index (χ1) is 14.1. The van der Waals surface area contributed by atoms with Gasteiger partial charge in [0.2, 0.25) is 5.91 Å². The molecular formula is C20H17N5O3S. The molecule has 1 aliphatic rings. The summed E-state index contributed by atoms with van der Waals surface area (Å²) in [5.41, 5.74) is 1.10. The first-order valence-corrected chi connectivity index (χ1v) is 10.1. The van der Waals surface area contributed by atoms with Crippen LogP contribution < -0.4 is 5.32 Å². The quantitative estimate of drug-likeness (QED) is 0.697. The molecule has 29 heavy (non-hydrogen) atoms. The zero-order valence-electron chi connectivity index (χ0n) is 15.3. The second-order valence-electron chi connectivity index (χ2n) is 6.44. The molecule has 0 bridgehead atoms. The standard InChI is InChI=1S/C20H17N5O3S/c21-10-14-2-4-15(5-3-14)23-19(26)17-12-29-13-25(17)20(27)18-7-6-16(28-18)11-24-9-1-8-22-24/h1-9,17H,11-13H2,(H,23,26). The number of furan rings is 1. The minimum Gasteiger partial charge on any atom is -0.454 e. The Morgan fingerprint density at radius 1 is 1.28 bits per heavy atom. The van der Waals surface area contributed by atoms with Crippen LogP contribution >= 0.6 is 11.8 Å². The number of nitrogens with zero attached hydrogens (tertiary/aromatic N) is 4. The number of benzene rings is 1. The van der Waals surface area contributed by atoms with E-state index in [9.17, 15) is 9.59 Å². The number of nitrogens with one attached hydrogen (secondary N) is 1. The van der Waals surface area contributed by atoms with Gasteiger partial charge in [0.15, 0.2) is 5.76 Å². The van der Waals surface area contributed by atoms with Crippen LogP contribution in [-0.4, -0.2) is 44.2 Å². The van der Waals surface area contributed by atoms with Gasteiger partial charge in [0.05, 0.1) is 24.1 Å². The lowest BCUT2D eigenvalue weighted by Gasteiger charge is -2.22. The van der Waals surface area contributed by atoms with Gasteiger partial charge in [0, 0.05) is 23.8 Å². The molecule has 1 atom stereocenters. The highest BCUT2D eigenvalue weighted by atomic mass is 32.2. The SMILES string of the molecule is N#Cc1ccc(NC(=O)C2CSCN2C(=O)c2ccc(Cn3cccn3)o2)cc1. The fourth-order valence-electron chi connectivity index (χ4n) is 2.99. The fourth-order valence-corrected chi connectivity index (χ4v) is 4.14. The molecule has 1 unspecified atom stereocenters. The molecule has 2 amide bonds. The van der Waals surface area contributed by atoms with Crippen LogP contribution in [-0.2, 0) is 11.3 Å². The van der Waals surface area contributed by atoms with E-state index in [1.807, 2.05) is 18.3 Å². The predicted molar refractivity (Wildman–Crippen MR) is 107 cm³/mol. The third-order valence-electron chi connectivity index (χ3n) is 4.48. The number of rotatable bonds is 5. The van der Waals surface area contributed by atoms with E-state index >= 15 is 0 Å². The summed E-state index contributed by atoms with van der Waals surface area (Å²) in [6.07, 6.45) is 3.48. The number of nitriles is 1. The molecule has 1 aliphatic heterocycles. The monoisotopic (exact) mass is 407 g/mol. The van der Waals surface area contributed by atoms with Gasteiger partial charge in [-0.15, -0.1) is 11.8 Å². The lowest BCUT2D eigenvalue weighted by molar-refractivity contribution is -0.119. The van der Waals surface area contributed by atoms with E-state index in [1.165, 1.54) is 16.7 Å². The van der Waals surface area contributed by atoms with Crippen molar-refractivity contribution in [1.29, 1.82) is 5.26 Å². The van der Waals surface area contributed by atoms with Gasteiger partial charge < -0.3 is 14.6 Å². The number of carbonyl (C=O) groups is 2. The predicted octanol–water partition coefficient (Wildman–Crippen LogP) is 2.55. The minimum atomic E-state index is -0.595. The van der Waals surface area contributed by atoms with Crippen molar-refractivity contribution >= 4 is 29.3 Å². The third kappa shape index (κ3) is 4.17. The lowest BCUT2D eigenvalue weighted by Crippen LogP contribution is -2.44. The van der Waals surface area contributed by atoms with E-state index in [-0.39, 0.29) is 17.6 Å². The Bertz CT molecular complexity index is 1050. The molecule has 9 heteroatoms. The summed E-state index contributed by atoms with van der Waals surface area (Å²) in [6, 6.07) is 13.2. The fraction of sp³-hybridized carbons (Fsp3) is 0.200. The van der Waals surface area contributed by atoms with Crippen LogP contribution in [0.25, 0.3) is 0 Å². The summed E-state index contributed by atoms with van der Waals surface area (Å²) in [4.78, 5) is 27.1. The normalized spacial score (nSPS) is 15.8. The Morgan fingerprint density at radius 2 is 2.10 bits per heavy atom. The zero-order chi connectivity index (χ0) is 20.2. The molecule has 1 aromatic carbocycles. The minimum absolute atomic E-state index is 0.200. The highest BCUT2D eigenvalue weighted by molar-refractivity contribution is 7.99. The van der Waals surface area contributed by atoms with E-state index in [0.29, 0.717) is 35.2 Å². The average Bonchev–Trinajstić information content (AvgIpc) is 3.50. The Hall–Kier alpha value is -3.51. The van der Waals surface area contributed by atoms with Gasteiger partial charge in [0.25, 0.3) is 5.91 Å². The number of amides is 2. The molecule has 0 aliphatic carbocycles. The second-order valence-corrected chi connectivity index (χ2v) is 7.44. The Labute approximate surface area is 171 Å². The van der Waals surface area contributed by atoms with Crippen molar-refractivity contribution in [2.45, 2.75) is 12.6 Å². The van der Waals surface area contributed by atoms with Crippen molar-refractivity contribution in [3.8, 4) is 6.07 Å². The van der Waals surface area contributed by atoms with Gasteiger partial charge in [-0.1, -0.05) is 0 Å². The molecule has 0 saturated carbocycles. The summed E-state index contributed by atoms with van der Waals surface area (Å²) < 4.78 is 7.38. The summed E-state index contributed by atoms with van der Waals surface area (Å²) in [5.74, 6) is 1.15. The van der Waals surface area contributed by atoms with Gasteiger partial charge >= 0.3 is 0 Å². The maximum Gasteiger partial charge on any atom is 0.290 e. The van der Waals surface area contributed by atoms with Crippen LogP contribution in [0.4, 0.5) is 5.69 Å². The largest absolute Gasteiger partial charge is 0.454 e. The van der Waals surface area contributed by atoms with Gasteiger partial charge in [-0.25, -0.2) is 0 Å². The number of anilines is 1. The van der Waals surface area contributed by atoms with E-state index in [2.05, 4.69) is 10.4 Å². The summed E-state index contributed by atoms with van der Waals surface area (Å²) in [6.45, 7) is 0.428. The molecule has 0 spiro atoms. The van der Waals surface area contributed by atoms with Crippen molar-refractivity contribution in [3.63, 3.8) is 0 Å². The molecule has 3 heterocycles. The van der Waals surface area contributed by atoms with Crippen molar-refractivity contribution in [2.24, 2.45) is 0 Å². The Kier molecular flexibility index (Phi) is 5.35. The van der Waals surface area contributed by atoms with E-state index < -0.39 is 6.04 Å². The molecule has 1 fully saturated rings. The van der Waals surface area contributed by atoms with Crippen LogP contribution in [0.1, 0.15) is 21.9 Å². The molecular weight excluding hydrogens is 390 g/mol. The molecule has 4 rings (SSSR count). The first-order valence-electron chi connectivity index (χ1n) is 8.90. The van der Waals surface area contributed by atoms with Crippen LogP contribution in [0.2, 0.25) is 0 Å². The Balaban J connectivity index is 1.43. The van der Waals surface area contributed by atoms with Crippen LogP contribution in [0, 0.1) is 11.3 Å². The first kappa shape index (κ1) is 18.8. The average molecular weight is 407 g/mol. The molecule has 8 nitrogen and oxygen atoms in total. The number of aromatic nitrogens is 2. The summed E-state index contributed by atoms with van der Waals surface area (Å²) >= 11 is 1.51. The van der Waals surface area contributed by atoms with Crippen LogP contribution in [0.3, 0.4) is 0 Å². The molecule has 3 aromatic rings. The molecule has 1 N–H and O–H groups in total. The summed E-state index contributed by atoms with van der Waals surface area (Å²) in [7, 11) is 0. The maximum atomic E-state index is 12.9. The number of carbonyl (C=O) groups excluding carboxylic acids is 2. The molecule has 2 aromatic heterocycles. The van der Waals surface area contributed by atoms with E-state index in [4.69, 9.17) is 9.68 Å². The third-order valence-corrected chi connectivity index (χ3v) is 5.49. The highest BCUT2D eigenvalue weighted by Crippen LogP contribution is 2.25. The van der Waals surface area contributed by atoms with E-state index in [0.717, 1.165) is 0 Å². The van der Waals surface area contributed by atoms with Crippen molar-refractivity contribution in [1.82, 2.24) is 14.7 Å². The summed E-state index contributed by atoms with van der Waals surface area (Å²) in [5, 5.41) is 15.8. The van der Waals surface area contributed by atoms with Gasteiger partial charge in [0.1, 0.15) is 11.8 Å². The second kappa shape index (κ2) is 8.24. The number of thioether (sulfide) groups is 1. The molecule has 1 saturated heterocycles. The van der Waals surface area contributed by atoms with E-state index in [1.54, 1.807) is 47.3 Å². The van der Waals surface area contributed by atoms with Gasteiger partial charge in [-0.3, -0.25) is 14.3 Å². The smallest absolute Gasteiger partial charge is 0.290 e. The van der Waals surface area contributed by atoms with Gasteiger partial charge in [-0.05, 0) is 42.5 Å². The topological polar surface area (TPSA) is 104 Å². The van der Waals surface area contributed by atoms with Crippen molar-refractivity contribution < 1.29 is 14.0 Å². The van der Waals surface area contributed by atoms with Crippen molar-refractivity contribution in [3.05, 3.63) is 71.9 Å². The maximum absolute atomic E-state index is 12.9. The van der Waals surface area contributed by atoms with Crippen LogP contribution in [0.5, 0.6) is 0 Å². The lowest BCUT2D eigenvalue weighted by atomic mass is 10.2. The molecule has 146 valence electrons. The zero-order valence-corrected chi connectivity index (χ0v) is 16.1. The number of hydrogen-bond acceptors (Lipinski definition) is 6. The van der Waals surface area contributed by atoms with Crippen LogP contribution in [0.15, 0.2) is 59.3 Å². The Morgan fingerprint density at radius 3 is 2.83 bits per heavy atom. The molecule has 0 radical (unpaired) electrons.